The number of aromatic amines is 1. The van der Waals surface area contributed by atoms with Gasteiger partial charge in [-0.25, -0.2) is 4.79 Å². The summed E-state index contributed by atoms with van der Waals surface area (Å²) in [4.78, 5) is 27.1. The smallest absolute Gasteiger partial charge is 0.297 e. The van der Waals surface area contributed by atoms with Gasteiger partial charge in [0.25, 0.3) is 5.56 Å². The largest absolute Gasteiger partial charge is 0.329 e. The average molecular weight is 305 g/mol. The van der Waals surface area contributed by atoms with Gasteiger partial charge in [-0.15, -0.1) is 0 Å². The topological polar surface area (TPSA) is 54.9 Å². The van der Waals surface area contributed by atoms with Crippen LogP contribution in [0.2, 0.25) is 5.15 Å². The van der Waals surface area contributed by atoms with Crippen molar-refractivity contribution in [3.05, 3.63) is 56.3 Å². The van der Waals surface area contributed by atoms with Gasteiger partial charge in [-0.1, -0.05) is 54.8 Å². The van der Waals surface area contributed by atoms with Crippen LogP contribution in [0.5, 0.6) is 0 Å². The maximum Gasteiger partial charge on any atom is 0.329 e. The van der Waals surface area contributed by atoms with E-state index in [1.807, 2.05) is 30.3 Å². The summed E-state index contributed by atoms with van der Waals surface area (Å²) in [6.07, 6.45) is 4.49. The molecule has 3 rings (SSSR count). The molecule has 0 amide bonds. The molecule has 1 aromatic heterocycles. The van der Waals surface area contributed by atoms with E-state index in [2.05, 4.69) is 4.98 Å². The average Bonchev–Trinajstić information content (AvgIpc) is 3.27. The van der Waals surface area contributed by atoms with E-state index < -0.39 is 5.69 Å². The lowest BCUT2D eigenvalue weighted by atomic mass is 10.1. The molecule has 4 nitrogen and oxygen atoms in total. The number of hydrogen-bond acceptors (Lipinski definition) is 2. The highest BCUT2D eigenvalue weighted by molar-refractivity contribution is 6.32. The van der Waals surface area contributed by atoms with Gasteiger partial charge in [0.15, 0.2) is 0 Å². The monoisotopic (exact) mass is 304 g/mol. The second-order valence-electron chi connectivity index (χ2n) is 5.53. The van der Waals surface area contributed by atoms with Crippen molar-refractivity contribution in [2.24, 2.45) is 5.92 Å². The summed E-state index contributed by atoms with van der Waals surface area (Å²) in [5, 5.41) is 0.106. The van der Waals surface area contributed by atoms with Crippen LogP contribution < -0.4 is 11.2 Å². The number of nitrogens with zero attached hydrogens (tertiary/aromatic N) is 1. The van der Waals surface area contributed by atoms with Crippen LogP contribution >= 0.6 is 11.6 Å². The molecule has 0 bridgehead atoms. The first kappa shape index (κ1) is 14.1. The first-order chi connectivity index (χ1) is 10.2. The van der Waals surface area contributed by atoms with Crippen LogP contribution in [0.25, 0.3) is 11.1 Å². The van der Waals surface area contributed by atoms with Crippen LogP contribution in [0, 0.1) is 5.92 Å². The van der Waals surface area contributed by atoms with E-state index in [4.69, 9.17) is 11.6 Å². The second-order valence-corrected chi connectivity index (χ2v) is 5.91. The molecule has 0 saturated heterocycles. The fourth-order valence-electron chi connectivity index (χ4n) is 2.55. The Balaban J connectivity index is 1.96. The molecule has 1 aromatic carbocycles. The van der Waals surface area contributed by atoms with Crippen molar-refractivity contribution in [3.8, 4) is 11.1 Å². The molecule has 1 saturated carbocycles. The van der Waals surface area contributed by atoms with E-state index in [9.17, 15) is 9.59 Å². The van der Waals surface area contributed by atoms with Crippen LogP contribution in [-0.2, 0) is 6.54 Å². The molecule has 1 aliphatic carbocycles. The summed E-state index contributed by atoms with van der Waals surface area (Å²) in [6, 6.07) is 9.18. The first-order valence-corrected chi connectivity index (χ1v) is 7.62. The molecule has 1 fully saturated rings. The van der Waals surface area contributed by atoms with E-state index in [-0.39, 0.29) is 10.7 Å². The van der Waals surface area contributed by atoms with Gasteiger partial charge in [-0.05, 0) is 24.3 Å². The number of nitrogens with one attached hydrogen (secondary N) is 1. The predicted octanol–water partition coefficient (Wildman–Crippen LogP) is 3.05. The summed E-state index contributed by atoms with van der Waals surface area (Å²) in [5.41, 5.74) is 0.342. The minimum absolute atomic E-state index is 0.106. The molecule has 5 heteroatoms. The van der Waals surface area contributed by atoms with Crippen LogP contribution in [0.1, 0.15) is 25.7 Å². The number of rotatable bonds is 5. The molecule has 0 aliphatic heterocycles. The first-order valence-electron chi connectivity index (χ1n) is 7.25. The third-order valence-electron chi connectivity index (χ3n) is 3.89. The minimum Gasteiger partial charge on any atom is -0.297 e. The second kappa shape index (κ2) is 5.90. The molecule has 0 unspecified atom stereocenters. The summed E-state index contributed by atoms with van der Waals surface area (Å²) in [5.74, 6) is 0.792. The van der Waals surface area contributed by atoms with Gasteiger partial charge in [-0.2, -0.15) is 0 Å². The normalized spacial score (nSPS) is 14.3. The van der Waals surface area contributed by atoms with Crippen LogP contribution in [0.3, 0.4) is 0 Å². The maximum absolute atomic E-state index is 12.6. The van der Waals surface area contributed by atoms with E-state index in [0.29, 0.717) is 12.1 Å². The number of aromatic nitrogens is 2. The summed E-state index contributed by atoms with van der Waals surface area (Å²) >= 11 is 6.07. The molecule has 0 atom stereocenters. The Morgan fingerprint density at radius 3 is 2.57 bits per heavy atom. The van der Waals surface area contributed by atoms with Crippen LogP contribution in [0.4, 0.5) is 0 Å². The van der Waals surface area contributed by atoms with Gasteiger partial charge in [0, 0.05) is 6.54 Å². The Hall–Kier alpha value is -1.81. The maximum atomic E-state index is 12.6. The van der Waals surface area contributed by atoms with E-state index in [1.54, 1.807) is 0 Å². The van der Waals surface area contributed by atoms with Gasteiger partial charge < -0.3 is 0 Å². The van der Waals surface area contributed by atoms with Gasteiger partial charge in [0.1, 0.15) is 5.15 Å². The van der Waals surface area contributed by atoms with Crippen LogP contribution in [-0.4, -0.2) is 9.55 Å². The Morgan fingerprint density at radius 2 is 1.90 bits per heavy atom. The number of H-pyrrole nitrogens is 1. The van der Waals surface area contributed by atoms with Crippen molar-refractivity contribution >= 4 is 11.6 Å². The molecule has 110 valence electrons. The van der Waals surface area contributed by atoms with Gasteiger partial charge in [0.05, 0.1) is 5.56 Å². The Morgan fingerprint density at radius 1 is 1.19 bits per heavy atom. The van der Waals surface area contributed by atoms with Gasteiger partial charge in [-0.3, -0.25) is 14.3 Å². The lowest BCUT2D eigenvalue weighted by Gasteiger charge is -2.09. The van der Waals surface area contributed by atoms with E-state index in [1.165, 1.54) is 17.4 Å². The SMILES string of the molecule is O=c1[nH]c(Cl)c(-c2ccccc2)c(=O)n1CCCC1CC1. The summed E-state index contributed by atoms with van der Waals surface area (Å²) in [7, 11) is 0. The van der Waals surface area contributed by atoms with Crippen LogP contribution in [0.15, 0.2) is 39.9 Å². The zero-order valence-electron chi connectivity index (χ0n) is 11.6. The number of benzene rings is 1. The van der Waals surface area contributed by atoms with E-state index >= 15 is 0 Å². The Kier molecular flexibility index (Phi) is 3.97. The fourth-order valence-corrected chi connectivity index (χ4v) is 2.82. The van der Waals surface area contributed by atoms with Crippen molar-refractivity contribution in [2.45, 2.75) is 32.2 Å². The lowest BCUT2D eigenvalue weighted by Crippen LogP contribution is -2.36. The highest BCUT2D eigenvalue weighted by Crippen LogP contribution is 2.33. The molecule has 2 aromatic rings. The van der Waals surface area contributed by atoms with Crippen molar-refractivity contribution < 1.29 is 0 Å². The van der Waals surface area contributed by atoms with Gasteiger partial charge in [0.2, 0.25) is 0 Å². The Bertz CT molecular complexity index is 745. The third kappa shape index (κ3) is 3.10. The Labute approximate surface area is 127 Å². The minimum atomic E-state index is -0.430. The molecule has 1 aliphatic rings. The molecule has 1 N–H and O–H groups in total. The van der Waals surface area contributed by atoms with Crippen molar-refractivity contribution in [1.82, 2.24) is 9.55 Å². The highest BCUT2D eigenvalue weighted by atomic mass is 35.5. The summed E-state index contributed by atoms with van der Waals surface area (Å²) < 4.78 is 1.26. The van der Waals surface area contributed by atoms with Crippen molar-refractivity contribution in [2.75, 3.05) is 0 Å². The quantitative estimate of drug-likeness (QED) is 0.863. The van der Waals surface area contributed by atoms with E-state index in [0.717, 1.165) is 24.3 Å². The van der Waals surface area contributed by atoms with Crippen molar-refractivity contribution in [1.29, 1.82) is 0 Å². The predicted molar refractivity (Wildman–Crippen MR) is 83.7 cm³/mol. The number of halogens is 1. The third-order valence-corrected chi connectivity index (χ3v) is 4.18. The lowest BCUT2D eigenvalue weighted by molar-refractivity contribution is 0.546. The molecular weight excluding hydrogens is 288 g/mol. The van der Waals surface area contributed by atoms with Crippen molar-refractivity contribution in [3.63, 3.8) is 0 Å². The fraction of sp³-hybridized carbons (Fsp3) is 0.375. The standard InChI is InChI=1S/C16H17ClN2O2/c17-14-13(12-6-2-1-3-7-12)15(20)19(16(21)18-14)10-4-5-11-8-9-11/h1-3,6-7,11H,4-5,8-10H2,(H,18,21). The zero-order chi connectivity index (χ0) is 14.8. The summed E-state index contributed by atoms with van der Waals surface area (Å²) in [6.45, 7) is 0.446. The molecule has 1 heterocycles. The highest BCUT2D eigenvalue weighted by Gasteiger charge is 2.21. The molecule has 21 heavy (non-hydrogen) atoms. The zero-order valence-corrected chi connectivity index (χ0v) is 12.4. The number of hydrogen-bond donors (Lipinski definition) is 1. The van der Waals surface area contributed by atoms with Gasteiger partial charge >= 0.3 is 5.69 Å². The molecular formula is C16H17ClN2O2. The molecule has 0 radical (unpaired) electrons. The molecule has 0 spiro atoms.